The minimum Gasteiger partial charge on any atom is -0.491 e. The first-order valence-corrected chi connectivity index (χ1v) is 9.88. The molecule has 0 spiro atoms. The lowest BCUT2D eigenvalue weighted by Gasteiger charge is -2.03. The Hall–Kier alpha value is -2.53. The van der Waals surface area contributed by atoms with Crippen molar-refractivity contribution in [1.82, 2.24) is 9.97 Å². The fourth-order valence-electron chi connectivity index (χ4n) is 3.09. The number of nitrogens with zero attached hydrogens (tertiary/aromatic N) is 1. The highest BCUT2D eigenvalue weighted by molar-refractivity contribution is 5.99. The zero-order chi connectivity index (χ0) is 18.9. The zero-order valence-electron chi connectivity index (χ0n) is 16.0. The summed E-state index contributed by atoms with van der Waals surface area (Å²) in [6, 6.07) is 6.06. The molecule has 0 bridgehead atoms. The summed E-state index contributed by atoms with van der Waals surface area (Å²) in [5.74, 6) is 0.856. The van der Waals surface area contributed by atoms with Gasteiger partial charge in [0.1, 0.15) is 5.75 Å². The van der Waals surface area contributed by atoms with Gasteiger partial charge in [-0.2, -0.15) is 0 Å². The van der Waals surface area contributed by atoms with Crippen molar-refractivity contribution in [3.05, 3.63) is 47.9 Å². The van der Waals surface area contributed by atoms with E-state index in [0.717, 1.165) is 72.8 Å². The molecule has 1 aliphatic heterocycles. The topological polar surface area (TPSA) is 73.4 Å². The Morgan fingerprint density at radius 3 is 2.81 bits per heavy atom. The van der Waals surface area contributed by atoms with Crippen LogP contribution >= 0.6 is 0 Å². The number of unbranched alkanes of at least 4 members (excludes halogenated alkanes) is 3. The number of hydrogen-bond acceptors (Lipinski definition) is 3. The first-order valence-electron chi connectivity index (χ1n) is 9.88. The van der Waals surface area contributed by atoms with E-state index in [0.29, 0.717) is 6.61 Å². The highest BCUT2D eigenvalue weighted by atomic mass is 16.5. The minimum atomic E-state index is 0.288. The molecule has 0 fully saturated rings. The summed E-state index contributed by atoms with van der Waals surface area (Å²) in [5.41, 5.74) is 5.06. The Bertz CT molecular complexity index is 798. The van der Waals surface area contributed by atoms with Crippen molar-refractivity contribution in [3.63, 3.8) is 0 Å². The van der Waals surface area contributed by atoms with E-state index in [1.54, 1.807) is 0 Å². The van der Waals surface area contributed by atoms with Crippen LogP contribution in [0.25, 0.3) is 17.5 Å². The molecule has 27 heavy (non-hydrogen) atoms. The number of allylic oxidation sites excluding steroid dienone is 2. The van der Waals surface area contributed by atoms with Crippen molar-refractivity contribution in [2.45, 2.75) is 45.4 Å². The molecule has 3 rings (SSSR count). The lowest BCUT2D eigenvalue weighted by atomic mass is 10.1. The average molecular weight is 367 g/mol. The third kappa shape index (κ3) is 5.47. The fourth-order valence-corrected chi connectivity index (χ4v) is 3.09. The SMILES string of the molecule is CCCOc1cc(-c2ccc[nH]2)[nH]c1C=C1C=CC(CCCCCCO)=N1. The minimum absolute atomic E-state index is 0.288. The summed E-state index contributed by atoms with van der Waals surface area (Å²) in [4.78, 5) is 11.4. The lowest BCUT2D eigenvalue weighted by Crippen LogP contribution is -1.95. The molecule has 2 aromatic heterocycles. The van der Waals surface area contributed by atoms with Gasteiger partial charge in [0.05, 0.1) is 29.4 Å². The van der Waals surface area contributed by atoms with E-state index in [-0.39, 0.29) is 6.61 Å². The maximum atomic E-state index is 8.83. The van der Waals surface area contributed by atoms with Crippen molar-refractivity contribution in [3.8, 4) is 17.1 Å². The summed E-state index contributed by atoms with van der Waals surface area (Å²) in [6.45, 7) is 3.08. The van der Waals surface area contributed by atoms with Crippen LogP contribution in [0.1, 0.15) is 51.1 Å². The van der Waals surface area contributed by atoms with Crippen LogP contribution in [0.15, 0.2) is 47.2 Å². The normalized spacial score (nSPS) is 14.9. The van der Waals surface area contributed by atoms with Gasteiger partial charge in [0.15, 0.2) is 0 Å². The highest BCUT2D eigenvalue weighted by Crippen LogP contribution is 2.29. The van der Waals surface area contributed by atoms with Gasteiger partial charge in [0.25, 0.3) is 0 Å². The van der Waals surface area contributed by atoms with Crippen molar-refractivity contribution in [1.29, 1.82) is 0 Å². The van der Waals surface area contributed by atoms with E-state index in [1.165, 1.54) is 0 Å². The monoisotopic (exact) mass is 367 g/mol. The summed E-state index contributed by atoms with van der Waals surface area (Å²) >= 11 is 0. The van der Waals surface area contributed by atoms with Gasteiger partial charge in [0, 0.05) is 24.6 Å². The summed E-state index contributed by atoms with van der Waals surface area (Å²) in [7, 11) is 0. The number of H-pyrrole nitrogens is 2. The number of rotatable bonds is 11. The fraction of sp³-hybridized carbons (Fsp3) is 0.409. The smallest absolute Gasteiger partial charge is 0.144 e. The van der Waals surface area contributed by atoms with Gasteiger partial charge < -0.3 is 19.8 Å². The van der Waals surface area contributed by atoms with Crippen LogP contribution in [0.2, 0.25) is 0 Å². The Balaban J connectivity index is 1.69. The van der Waals surface area contributed by atoms with Crippen LogP contribution in [-0.2, 0) is 0 Å². The van der Waals surface area contributed by atoms with Crippen molar-refractivity contribution in [2.75, 3.05) is 13.2 Å². The third-order valence-corrected chi connectivity index (χ3v) is 4.51. The van der Waals surface area contributed by atoms with Crippen LogP contribution in [0.3, 0.4) is 0 Å². The van der Waals surface area contributed by atoms with Gasteiger partial charge in [-0.3, -0.25) is 4.99 Å². The van der Waals surface area contributed by atoms with E-state index in [1.807, 2.05) is 30.5 Å². The van der Waals surface area contributed by atoms with Crippen molar-refractivity contribution in [2.24, 2.45) is 4.99 Å². The first kappa shape index (κ1) is 19.2. The molecule has 144 valence electrons. The third-order valence-electron chi connectivity index (χ3n) is 4.51. The maximum Gasteiger partial charge on any atom is 0.144 e. The van der Waals surface area contributed by atoms with Gasteiger partial charge in [-0.15, -0.1) is 0 Å². The van der Waals surface area contributed by atoms with Crippen LogP contribution in [0, 0.1) is 0 Å². The molecule has 2 aromatic rings. The Kier molecular flexibility index (Phi) is 7.11. The van der Waals surface area contributed by atoms with Crippen LogP contribution in [0.5, 0.6) is 5.75 Å². The van der Waals surface area contributed by atoms with Crippen LogP contribution < -0.4 is 4.74 Å². The van der Waals surface area contributed by atoms with E-state index in [9.17, 15) is 0 Å². The standard InChI is InChI=1S/C22H29N3O2/c1-2-14-27-22-16-20(19-9-7-12-23-19)25-21(22)15-18-11-10-17(24-18)8-5-3-4-6-13-26/h7,9-12,15-16,23,25-26H,2-6,8,13-14H2,1H3. The second-order valence-corrected chi connectivity index (χ2v) is 6.79. The first-order chi connectivity index (χ1) is 13.3. The molecule has 0 saturated heterocycles. The molecule has 3 heterocycles. The molecule has 0 aliphatic carbocycles. The van der Waals surface area contributed by atoms with Crippen molar-refractivity contribution < 1.29 is 9.84 Å². The number of aromatic nitrogens is 2. The van der Waals surface area contributed by atoms with E-state index in [2.05, 4.69) is 29.0 Å². The average Bonchev–Trinajstić information content (AvgIpc) is 3.41. The van der Waals surface area contributed by atoms with Gasteiger partial charge in [-0.25, -0.2) is 0 Å². The predicted molar refractivity (Wildman–Crippen MR) is 111 cm³/mol. The summed E-state index contributed by atoms with van der Waals surface area (Å²) in [6.07, 6.45) is 14.3. The molecule has 0 amide bonds. The van der Waals surface area contributed by atoms with E-state index < -0.39 is 0 Å². The van der Waals surface area contributed by atoms with Crippen LogP contribution in [0.4, 0.5) is 0 Å². The predicted octanol–water partition coefficient (Wildman–Crippen LogP) is 5.09. The molecule has 0 aromatic carbocycles. The molecular weight excluding hydrogens is 338 g/mol. The number of nitrogens with one attached hydrogen (secondary N) is 2. The Labute approximate surface area is 160 Å². The Morgan fingerprint density at radius 1 is 1.15 bits per heavy atom. The quantitative estimate of drug-likeness (QED) is 0.484. The van der Waals surface area contributed by atoms with E-state index in [4.69, 9.17) is 14.8 Å². The van der Waals surface area contributed by atoms with Crippen LogP contribution in [-0.4, -0.2) is 34.0 Å². The number of aliphatic imine (C=N–C) groups is 1. The number of aliphatic hydroxyl groups excluding tert-OH is 1. The molecule has 5 heteroatoms. The maximum absolute atomic E-state index is 8.83. The zero-order valence-corrected chi connectivity index (χ0v) is 16.0. The summed E-state index contributed by atoms with van der Waals surface area (Å²) in [5, 5.41) is 8.83. The molecular formula is C22H29N3O2. The van der Waals surface area contributed by atoms with Crippen molar-refractivity contribution >= 4 is 11.8 Å². The molecule has 0 radical (unpaired) electrons. The van der Waals surface area contributed by atoms with Gasteiger partial charge in [-0.1, -0.05) is 19.8 Å². The lowest BCUT2D eigenvalue weighted by molar-refractivity contribution is 0.283. The Morgan fingerprint density at radius 2 is 2.04 bits per heavy atom. The number of aromatic amines is 2. The molecule has 5 nitrogen and oxygen atoms in total. The number of ether oxygens (including phenoxy) is 1. The molecule has 0 unspecified atom stereocenters. The molecule has 3 N–H and O–H groups in total. The van der Waals surface area contributed by atoms with Gasteiger partial charge in [0.2, 0.25) is 0 Å². The number of aliphatic hydroxyl groups is 1. The second kappa shape index (κ2) is 9.97. The largest absolute Gasteiger partial charge is 0.491 e. The molecule has 0 atom stereocenters. The van der Waals surface area contributed by atoms with Gasteiger partial charge in [-0.05, 0) is 56.0 Å². The molecule has 1 aliphatic rings. The summed E-state index contributed by atoms with van der Waals surface area (Å²) < 4.78 is 5.92. The number of hydrogen-bond donors (Lipinski definition) is 3. The highest BCUT2D eigenvalue weighted by Gasteiger charge is 2.12. The van der Waals surface area contributed by atoms with E-state index >= 15 is 0 Å². The van der Waals surface area contributed by atoms with Gasteiger partial charge >= 0.3 is 0 Å². The second-order valence-electron chi connectivity index (χ2n) is 6.79. The molecule has 0 saturated carbocycles.